The third-order valence-corrected chi connectivity index (χ3v) is 3.22. The zero-order valence-corrected chi connectivity index (χ0v) is 11.3. The lowest BCUT2D eigenvalue weighted by Crippen LogP contribution is -2.37. The average molecular weight is 265 g/mol. The number of methoxy groups -OCH3 is 1. The van der Waals surface area contributed by atoms with Gasteiger partial charge in [-0.25, -0.2) is 4.98 Å². The van der Waals surface area contributed by atoms with Gasteiger partial charge in [0.2, 0.25) is 11.8 Å². The molecule has 0 aromatic carbocycles. The molecule has 0 N–H and O–H groups in total. The minimum absolute atomic E-state index is 0.00340. The van der Waals surface area contributed by atoms with Crippen molar-refractivity contribution in [3.8, 4) is 5.88 Å². The number of carbonyl (C=O) groups excluding carboxylic acids is 1. The number of anilines is 1. The summed E-state index contributed by atoms with van der Waals surface area (Å²) in [5.41, 5.74) is 0. The number of hydrogen-bond acceptors (Lipinski definition) is 6. The van der Waals surface area contributed by atoms with Gasteiger partial charge in [-0.1, -0.05) is 0 Å². The van der Waals surface area contributed by atoms with Crippen molar-refractivity contribution in [2.45, 2.75) is 19.8 Å². The molecule has 2 heterocycles. The van der Waals surface area contributed by atoms with Gasteiger partial charge in [-0.05, 0) is 19.8 Å². The molecule has 0 unspecified atom stereocenters. The van der Waals surface area contributed by atoms with E-state index in [9.17, 15) is 4.79 Å². The van der Waals surface area contributed by atoms with Gasteiger partial charge in [-0.15, -0.1) is 0 Å². The lowest BCUT2D eigenvalue weighted by Gasteiger charge is -2.30. The second-order valence-corrected chi connectivity index (χ2v) is 4.41. The van der Waals surface area contributed by atoms with Crippen LogP contribution in [0.5, 0.6) is 5.88 Å². The molecule has 6 nitrogen and oxygen atoms in total. The highest BCUT2D eigenvalue weighted by Gasteiger charge is 2.26. The lowest BCUT2D eigenvalue weighted by molar-refractivity contribution is -0.146. The molecule has 1 aromatic heterocycles. The molecule has 0 spiro atoms. The topological polar surface area (TPSA) is 64.5 Å². The van der Waals surface area contributed by atoms with E-state index in [4.69, 9.17) is 9.47 Å². The summed E-state index contributed by atoms with van der Waals surface area (Å²) in [6.07, 6.45) is 3.24. The van der Waals surface area contributed by atoms with Gasteiger partial charge in [0.1, 0.15) is 0 Å². The van der Waals surface area contributed by atoms with Crippen LogP contribution in [0, 0.1) is 5.92 Å². The average Bonchev–Trinajstić information content (AvgIpc) is 2.47. The summed E-state index contributed by atoms with van der Waals surface area (Å²) < 4.78 is 10.1. The van der Waals surface area contributed by atoms with E-state index in [1.165, 1.54) is 7.11 Å². The number of esters is 1. The quantitative estimate of drug-likeness (QED) is 0.764. The first-order valence-corrected chi connectivity index (χ1v) is 6.53. The molecule has 1 aromatic rings. The number of hydrogen-bond donors (Lipinski definition) is 0. The van der Waals surface area contributed by atoms with Gasteiger partial charge in [0.15, 0.2) is 0 Å². The van der Waals surface area contributed by atoms with Crippen molar-refractivity contribution in [3.05, 3.63) is 12.3 Å². The third kappa shape index (κ3) is 3.33. The van der Waals surface area contributed by atoms with Crippen molar-refractivity contribution in [1.29, 1.82) is 0 Å². The smallest absolute Gasteiger partial charge is 0.308 e. The van der Waals surface area contributed by atoms with E-state index < -0.39 is 0 Å². The predicted octanol–water partition coefficient (Wildman–Crippen LogP) is 1.26. The molecule has 2 rings (SSSR count). The highest BCUT2D eigenvalue weighted by Crippen LogP contribution is 2.22. The van der Waals surface area contributed by atoms with Gasteiger partial charge >= 0.3 is 5.97 Å². The van der Waals surface area contributed by atoms with E-state index in [0.29, 0.717) is 18.4 Å². The summed E-state index contributed by atoms with van der Waals surface area (Å²) in [7, 11) is 1.43. The zero-order valence-electron chi connectivity index (χ0n) is 11.3. The molecule has 19 heavy (non-hydrogen) atoms. The monoisotopic (exact) mass is 265 g/mol. The van der Waals surface area contributed by atoms with Crippen molar-refractivity contribution in [2.24, 2.45) is 5.92 Å². The Hall–Kier alpha value is -1.85. The minimum Gasteiger partial charge on any atom is -0.478 e. The standard InChI is InChI=1S/C13H19N3O3/c1-3-19-11-4-7-14-13(15-11)16-8-5-10(6-9-16)12(17)18-2/h4,7,10H,3,5-6,8-9H2,1-2H3. The van der Waals surface area contributed by atoms with Crippen LogP contribution in [-0.4, -0.2) is 42.7 Å². The van der Waals surface area contributed by atoms with E-state index in [-0.39, 0.29) is 11.9 Å². The number of piperidine rings is 1. The summed E-state index contributed by atoms with van der Waals surface area (Å²) in [6, 6.07) is 1.74. The Labute approximate surface area is 112 Å². The van der Waals surface area contributed by atoms with Crippen LogP contribution in [0.2, 0.25) is 0 Å². The fourth-order valence-corrected chi connectivity index (χ4v) is 2.19. The van der Waals surface area contributed by atoms with Gasteiger partial charge in [0.25, 0.3) is 0 Å². The molecular weight excluding hydrogens is 246 g/mol. The van der Waals surface area contributed by atoms with Crippen molar-refractivity contribution < 1.29 is 14.3 Å². The Morgan fingerprint density at radius 1 is 1.47 bits per heavy atom. The Bertz CT molecular complexity index is 431. The first-order chi connectivity index (χ1) is 9.24. The lowest BCUT2D eigenvalue weighted by atomic mass is 9.97. The van der Waals surface area contributed by atoms with Gasteiger partial charge in [0.05, 0.1) is 19.6 Å². The van der Waals surface area contributed by atoms with E-state index >= 15 is 0 Å². The maximum atomic E-state index is 11.5. The molecule has 1 aliphatic heterocycles. The number of carbonyl (C=O) groups is 1. The van der Waals surface area contributed by atoms with Crippen molar-refractivity contribution in [1.82, 2.24) is 9.97 Å². The second-order valence-electron chi connectivity index (χ2n) is 4.41. The Morgan fingerprint density at radius 3 is 2.84 bits per heavy atom. The molecule has 1 fully saturated rings. The molecular formula is C13H19N3O3. The largest absolute Gasteiger partial charge is 0.478 e. The van der Waals surface area contributed by atoms with E-state index in [1.54, 1.807) is 12.3 Å². The molecule has 0 radical (unpaired) electrons. The normalized spacial score (nSPS) is 16.2. The van der Waals surface area contributed by atoms with E-state index in [0.717, 1.165) is 25.9 Å². The highest BCUT2D eigenvalue weighted by molar-refractivity contribution is 5.72. The van der Waals surface area contributed by atoms with Crippen molar-refractivity contribution in [3.63, 3.8) is 0 Å². The Morgan fingerprint density at radius 2 is 2.21 bits per heavy atom. The van der Waals surface area contributed by atoms with Crippen LogP contribution in [0.4, 0.5) is 5.95 Å². The fraction of sp³-hybridized carbons (Fsp3) is 0.615. The van der Waals surface area contributed by atoms with Crippen molar-refractivity contribution >= 4 is 11.9 Å². The van der Waals surface area contributed by atoms with Gasteiger partial charge in [-0.2, -0.15) is 4.98 Å². The van der Waals surface area contributed by atoms with E-state index in [2.05, 4.69) is 14.9 Å². The first-order valence-electron chi connectivity index (χ1n) is 6.53. The molecule has 0 amide bonds. The maximum absolute atomic E-state index is 11.5. The Balaban J connectivity index is 1.97. The van der Waals surface area contributed by atoms with Crippen LogP contribution in [0.1, 0.15) is 19.8 Å². The van der Waals surface area contributed by atoms with Gasteiger partial charge in [-0.3, -0.25) is 4.79 Å². The molecule has 0 bridgehead atoms. The predicted molar refractivity (Wildman–Crippen MR) is 70.2 cm³/mol. The fourth-order valence-electron chi connectivity index (χ4n) is 2.19. The van der Waals surface area contributed by atoms with Crippen LogP contribution in [-0.2, 0) is 9.53 Å². The molecule has 0 aliphatic carbocycles. The molecule has 1 saturated heterocycles. The van der Waals surface area contributed by atoms with Crippen LogP contribution < -0.4 is 9.64 Å². The summed E-state index contributed by atoms with van der Waals surface area (Å²) in [6.45, 7) is 4.02. The second kappa shape index (κ2) is 6.36. The SMILES string of the molecule is CCOc1ccnc(N2CCC(C(=O)OC)CC2)n1. The van der Waals surface area contributed by atoms with Crippen molar-refractivity contribution in [2.75, 3.05) is 31.7 Å². The van der Waals surface area contributed by atoms with Crippen LogP contribution in [0.15, 0.2) is 12.3 Å². The van der Waals surface area contributed by atoms with Gasteiger partial charge in [0, 0.05) is 25.4 Å². The maximum Gasteiger partial charge on any atom is 0.308 e. The number of aromatic nitrogens is 2. The number of ether oxygens (including phenoxy) is 2. The molecule has 104 valence electrons. The molecule has 0 atom stereocenters. The van der Waals surface area contributed by atoms with Gasteiger partial charge < -0.3 is 14.4 Å². The molecule has 0 saturated carbocycles. The van der Waals surface area contributed by atoms with Crippen LogP contribution in [0.25, 0.3) is 0 Å². The summed E-state index contributed by atoms with van der Waals surface area (Å²) in [5.74, 6) is 1.12. The molecule has 1 aliphatic rings. The third-order valence-electron chi connectivity index (χ3n) is 3.22. The highest BCUT2D eigenvalue weighted by atomic mass is 16.5. The summed E-state index contributed by atoms with van der Waals surface area (Å²) in [4.78, 5) is 22.1. The summed E-state index contributed by atoms with van der Waals surface area (Å²) >= 11 is 0. The molecule has 6 heteroatoms. The van der Waals surface area contributed by atoms with Crippen LogP contribution in [0.3, 0.4) is 0 Å². The number of nitrogens with zero attached hydrogens (tertiary/aromatic N) is 3. The van der Waals surface area contributed by atoms with E-state index in [1.807, 2.05) is 6.92 Å². The Kier molecular flexibility index (Phi) is 4.54. The first kappa shape index (κ1) is 13.6. The minimum atomic E-state index is -0.122. The summed E-state index contributed by atoms with van der Waals surface area (Å²) in [5, 5.41) is 0. The van der Waals surface area contributed by atoms with Crippen LogP contribution >= 0.6 is 0 Å². The zero-order chi connectivity index (χ0) is 13.7. The number of rotatable bonds is 4.